The average molecular weight is 286 g/mol. The summed E-state index contributed by atoms with van der Waals surface area (Å²) >= 11 is 0. The van der Waals surface area contributed by atoms with Crippen LogP contribution in [-0.4, -0.2) is 34.0 Å². The van der Waals surface area contributed by atoms with Gasteiger partial charge in [0.15, 0.2) is 0 Å². The van der Waals surface area contributed by atoms with E-state index in [-0.39, 0.29) is 6.10 Å². The molecule has 2 bridgehead atoms. The van der Waals surface area contributed by atoms with Gasteiger partial charge in [-0.3, -0.25) is 9.78 Å². The zero-order valence-corrected chi connectivity index (χ0v) is 12.3. The van der Waals surface area contributed by atoms with Crippen LogP contribution in [0.3, 0.4) is 0 Å². The lowest BCUT2D eigenvalue weighted by Crippen LogP contribution is -2.52. The normalized spacial score (nSPS) is 31.8. The molecule has 4 heteroatoms. The van der Waals surface area contributed by atoms with Crippen molar-refractivity contribution in [1.82, 2.24) is 9.88 Å². The molecule has 2 aliphatic heterocycles. The first-order valence-electron chi connectivity index (χ1n) is 8.20. The lowest BCUT2D eigenvalue weighted by atomic mass is 9.83. The van der Waals surface area contributed by atoms with Crippen LogP contribution in [-0.2, 0) is 4.79 Å². The van der Waals surface area contributed by atoms with Crippen LogP contribution in [0.15, 0.2) is 24.5 Å². The predicted octanol–water partition coefficient (Wildman–Crippen LogP) is 2.78. The summed E-state index contributed by atoms with van der Waals surface area (Å²) in [5.74, 6) is 1.65. The van der Waals surface area contributed by atoms with Crippen molar-refractivity contribution in [2.45, 2.75) is 63.1 Å². The van der Waals surface area contributed by atoms with Gasteiger partial charge in [-0.1, -0.05) is 6.42 Å². The first-order chi connectivity index (χ1) is 10.3. The van der Waals surface area contributed by atoms with Gasteiger partial charge in [-0.05, 0) is 37.8 Å². The largest absolute Gasteiger partial charge is 0.490 e. The summed E-state index contributed by atoms with van der Waals surface area (Å²) in [6.07, 6.45) is 11.5. The van der Waals surface area contributed by atoms with E-state index in [4.69, 9.17) is 4.74 Å². The molecule has 1 aromatic rings. The molecule has 4 nitrogen and oxygen atoms in total. The highest BCUT2D eigenvalue weighted by Gasteiger charge is 2.46. The minimum absolute atomic E-state index is 0.246. The molecular weight excluding hydrogens is 264 g/mol. The molecule has 3 heterocycles. The third-order valence-corrected chi connectivity index (χ3v) is 5.35. The van der Waals surface area contributed by atoms with E-state index < -0.39 is 0 Å². The number of ether oxygens (including phenoxy) is 1. The van der Waals surface area contributed by atoms with Gasteiger partial charge in [-0.2, -0.15) is 0 Å². The highest BCUT2D eigenvalue weighted by Crippen LogP contribution is 2.40. The Morgan fingerprint density at radius 3 is 2.33 bits per heavy atom. The lowest BCUT2D eigenvalue weighted by molar-refractivity contribution is -0.144. The first-order valence-corrected chi connectivity index (χ1v) is 8.20. The number of carbonyl (C=O) groups is 1. The Bertz CT molecular complexity index is 501. The van der Waals surface area contributed by atoms with E-state index in [2.05, 4.69) is 9.88 Å². The molecule has 1 amide bonds. The minimum Gasteiger partial charge on any atom is -0.490 e. The SMILES string of the molecule is O=C(C1CCC1)N1C2CCC1CC(Oc1ccncc1)C2. The number of nitrogens with zero attached hydrogens (tertiary/aromatic N) is 2. The summed E-state index contributed by atoms with van der Waals surface area (Å²) < 4.78 is 6.09. The van der Waals surface area contributed by atoms with Crippen LogP contribution in [0.25, 0.3) is 0 Å². The van der Waals surface area contributed by atoms with Crippen LogP contribution in [0.2, 0.25) is 0 Å². The Morgan fingerprint density at radius 2 is 1.76 bits per heavy atom. The van der Waals surface area contributed by atoms with Crippen molar-refractivity contribution in [3.05, 3.63) is 24.5 Å². The molecule has 3 fully saturated rings. The van der Waals surface area contributed by atoms with Crippen molar-refractivity contribution in [1.29, 1.82) is 0 Å². The fourth-order valence-electron chi connectivity index (χ4n) is 4.06. The van der Waals surface area contributed by atoms with Crippen molar-refractivity contribution >= 4 is 5.91 Å². The Hall–Kier alpha value is -1.58. The van der Waals surface area contributed by atoms with Crippen LogP contribution in [0.4, 0.5) is 0 Å². The van der Waals surface area contributed by atoms with Gasteiger partial charge in [0.05, 0.1) is 0 Å². The Morgan fingerprint density at radius 1 is 1.10 bits per heavy atom. The molecule has 0 radical (unpaired) electrons. The molecule has 4 rings (SSSR count). The molecule has 2 unspecified atom stereocenters. The quantitative estimate of drug-likeness (QED) is 0.858. The number of piperidine rings is 1. The van der Waals surface area contributed by atoms with E-state index in [1.165, 1.54) is 6.42 Å². The van der Waals surface area contributed by atoms with E-state index >= 15 is 0 Å². The maximum absolute atomic E-state index is 12.6. The van der Waals surface area contributed by atoms with E-state index in [1.54, 1.807) is 12.4 Å². The molecule has 1 saturated carbocycles. The van der Waals surface area contributed by atoms with Crippen molar-refractivity contribution in [3.63, 3.8) is 0 Å². The summed E-state index contributed by atoms with van der Waals surface area (Å²) in [4.78, 5) is 18.8. The molecule has 0 N–H and O–H groups in total. The number of hydrogen-bond acceptors (Lipinski definition) is 3. The number of rotatable bonds is 3. The summed E-state index contributed by atoms with van der Waals surface area (Å²) in [6.45, 7) is 0. The van der Waals surface area contributed by atoms with Crippen LogP contribution in [0.1, 0.15) is 44.9 Å². The van der Waals surface area contributed by atoms with Gasteiger partial charge >= 0.3 is 0 Å². The molecule has 1 aliphatic carbocycles. The van der Waals surface area contributed by atoms with Crippen molar-refractivity contribution in [3.8, 4) is 5.75 Å². The molecule has 21 heavy (non-hydrogen) atoms. The second-order valence-corrected chi connectivity index (χ2v) is 6.65. The summed E-state index contributed by atoms with van der Waals surface area (Å²) in [7, 11) is 0. The molecule has 2 saturated heterocycles. The molecule has 112 valence electrons. The standard InChI is InChI=1S/C17H22N2O2/c20-17(12-2-1-3-12)19-13-4-5-14(19)11-16(10-13)21-15-6-8-18-9-7-15/h6-9,12-14,16H,1-5,10-11H2. The number of pyridine rings is 1. The van der Waals surface area contributed by atoms with Gasteiger partial charge < -0.3 is 9.64 Å². The second-order valence-electron chi connectivity index (χ2n) is 6.65. The fourth-order valence-corrected chi connectivity index (χ4v) is 4.06. The highest BCUT2D eigenvalue weighted by molar-refractivity contribution is 5.80. The van der Waals surface area contributed by atoms with Crippen LogP contribution < -0.4 is 4.74 Å². The van der Waals surface area contributed by atoms with Gasteiger partial charge in [-0.15, -0.1) is 0 Å². The van der Waals surface area contributed by atoms with Gasteiger partial charge in [0.2, 0.25) is 5.91 Å². The predicted molar refractivity (Wildman–Crippen MR) is 78.9 cm³/mol. The zero-order valence-electron chi connectivity index (χ0n) is 12.3. The highest BCUT2D eigenvalue weighted by atomic mass is 16.5. The van der Waals surface area contributed by atoms with Crippen LogP contribution in [0.5, 0.6) is 5.75 Å². The molecule has 0 spiro atoms. The van der Waals surface area contributed by atoms with Crippen LogP contribution >= 0.6 is 0 Å². The maximum Gasteiger partial charge on any atom is 0.226 e. The van der Waals surface area contributed by atoms with Crippen molar-refractivity contribution < 1.29 is 9.53 Å². The zero-order chi connectivity index (χ0) is 14.2. The number of fused-ring (bicyclic) bond motifs is 2. The van der Waals surface area contributed by atoms with E-state index in [0.717, 1.165) is 44.3 Å². The Labute approximate surface area is 125 Å². The van der Waals surface area contributed by atoms with Crippen LogP contribution in [0, 0.1) is 5.92 Å². The smallest absolute Gasteiger partial charge is 0.226 e. The van der Waals surface area contributed by atoms with E-state index in [0.29, 0.717) is 23.9 Å². The van der Waals surface area contributed by atoms with E-state index in [1.807, 2.05) is 12.1 Å². The molecule has 1 aromatic heterocycles. The summed E-state index contributed by atoms with van der Waals surface area (Å²) in [6, 6.07) is 4.63. The maximum atomic E-state index is 12.6. The first kappa shape index (κ1) is 13.1. The fraction of sp³-hybridized carbons (Fsp3) is 0.647. The number of aromatic nitrogens is 1. The average Bonchev–Trinajstić information content (AvgIpc) is 2.70. The topological polar surface area (TPSA) is 42.4 Å². The Kier molecular flexibility index (Phi) is 3.32. The Balaban J connectivity index is 1.42. The van der Waals surface area contributed by atoms with Crippen molar-refractivity contribution in [2.75, 3.05) is 0 Å². The van der Waals surface area contributed by atoms with Crippen molar-refractivity contribution in [2.24, 2.45) is 5.92 Å². The number of hydrogen-bond donors (Lipinski definition) is 0. The molecular formula is C17H22N2O2. The summed E-state index contributed by atoms with van der Waals surface area (Å²) in [5, 5.41) is 0. The molecule has 0 aromatic carbocycles. The number of carbonyl (C=O) groups excluding carboxylic acids is 1. The van der Waals surface area contributed by atoms with E-state index in [9.17, 15) is 4.79 Å². The third kappa shape index (κ3) is 2.41. The molecule has 2 atom stereocenters. The monoisotopic (exact) mass is 286 g/mol. The second kappa shape index (κ2) is 5.32. The van der Waals surface area contributed by atoms with Gasteiger partial charge in [0.25, 0.3) is 0 Å². The molecule has 3 aliphatic rings. The van der Waals surface area contributed by atoms with Gasteiger partial charge in [0.1, 0.15) is 11.9 Å². The lowest BCUT2D eigenvalue weighted by Gasteiger charge is -2.42. The minimum atomic E-state index is 0.246. The third-order valence-electron chi connectivity index (χ3n) is 5.35. The van der Waals surface area contributed by atoms with Gasteiger partial charge in [0, 0.05) is 43.2 Å². The van der Waals surface area contributed by atoms with Gasteiger partial charge in [-0.25, -0.2) is 0 Å². The summed E-state index contributed by atoms with van der Waals surface area (Å²) in [5.41, 5.74) is 0. The number of amides is 1.